The van der Waals surface area contributed by atoms with Crippen LogP contribution in [0, 0.1) is 12.5 Å². The standard InChI is InChI=1S/C32H41NO2/c1-4-11-26-21-23-32(33-3,24-22-26)30-19-17-29(18-20-30)28-15-13-27(14-16-28)12-9-7-6-8-10-25-35-31(34)5-2/h5,13-20,26H,2,4,6-12,21-25H2,1H3. The molecule has 3 nitrogen and oxygen atoms in total. The summed E-state index contributed by atoms with van der Waals surface area (Å²) in [5.41, 5.74) is 4.71. The molecule has 0 N–H and O–H groups in total. The minimum atomic E-state index is -0.332. The molecule has 0 bridgehead atoms. The molecule has 1 saturated carbocycles. The molecule has 1 aliphatic carbocycles. The van der Waals surface area contributed by atoms with Gasteiger partial charge in [0.05, 0.1) is 6.61 Å². The van der Waals surface area contributed by atoms with E-state index >= 15 is 0 Å². The van der Waals surface area contributed by atoms with Gasteiger partial charge >= 0.3 is 5.97 Å². The van der Waals surface area contributed by atoms with Crippen LogP contribution in [0.25, 0.3) is 16.0 Å². The van der Waals surface area contributed by atoms with E-state index in [9.17, 15) is 4.79 Å². The zero-order chi connectivity index (χ0) is 24.9. The molecular weight excluding hydrogens is 430 g/mol. The van der Waals surface area contributed by atoms with Gasteiger partial charge in [0.2, 0.25) is 0 Å². The van der Waals surface area contributed by atoms with Crippen LogP contribution in [0.4, 0.5) is 0 Å². The van der Waals surface area contributed by atoms with Gasteiger partial charge in [-0.15, -0.1) is 0 Å². The number of benzene rings is 2. The third-order valence-electron chi connectivity index (χ3n) is 7.57. The summed E-state index contributed by atoms with van der Waals surface area (Å²) in [6.07, 6.45) is 14.8. The van der Waals surface area contributed by atoms with Crippen molar-refractivity contribution in [2.24, 2.45) is 5.92 Å². The summed E-state index contributed by atoms with van der Waals surface area (Å²) in [7, 11) is 0. The SMILES string of the molecule is [C-]#[N+]C1(c2ccc(-c3ccc(CCCCCCCOC(=O)C=C)cc3)cc2)CCC(CCC)CC1. The number of nitrogens with zero attached hydrogens (tertiary/aromatic N) is 1. The van der Waals surface area contributed by atoms with Gasteiger partial charge in [0.25, 0.3) is 5.54 Å². The Morgan fingerprint density at radius 1 is 1.00 bits per heavy atom. The molecule has 0 heterocycles. The van der Waals surface area contributed by atoms with Crippen molar-refractivity contribution in [1.29, 1.82) is 0 Å². The number of rotatable bonds is 13. The summed E-state index contributed by atoms with van der Waals surface area (Å²) in [6.45, 7) is 14.1. The van der Waals surface area contributed by atoms with E-state index in [4.69, 9.17) is 11.3 Å². The van der Waals surface area contributed by atoms with Crippen LogP contribution in [0.3, 0.4) is 0 Å². The largest absolute Gasteiger partial charge is 0.463 e. The van der Waals surface area contributed by atoms with Gasteiger partial charge in [-0.25, -0.2) is 11.4 Å². The lowest BCUT2D eigenvalue weighted by molar-refractivity contribution is -0.137. The molecule has 0 unspecified atom stereocenters. The molecule has 0 radical (unpaired) electrons. The Balaban J connectivity index is 1.44. The first kappa shape index (κ1) is 26.7. The van der Waals surface area contributed by atoms with Crippen LogP contribution < -0.4 is 0 Å². The lowest BCUT2D eigenvalue weighted by Gasteiger charge is -2.31. The highest BCUT2D eigenvalue weighted by Crippen LogP contribution is 2.44. The fourth-order valence-electron chi connectivity index (χ4n) is 5.35. The summed E-state index contributed by atoms with van der Waals surface area (Å²) >= 11 is 0. The molecule has 35 heavy (non-hydrogen) atoms. The van der Waals surface area contributed by atoms with Crippen LogP contribution in [-0.2, 0) is 21.5 Å². The van der Waals surface area contributed by atoms with Crippen molar-refractivity contribution in [3.8, 4) is 11.1 Å². The first-order chi connectivity index (χ1) is 17.1. The topological polar surface area (TPSA) is 30.7 Å². The fraction of sp³-hybridized carbons (Fsp3) is 0.500. The number of aryl methyl sites for hydroxylation is 1. The number of unbranched alkanes of at least 4 members (excludes halogenated alkanes) is 4. The van der Waals surface area contributed by atoms with Crippen molar-refractivity contribution in [2.75, 3.05) is 6.61 Å². The third-order valence-corrected chi connectivity index (χ3v) is 7.57. The summed E-state index contributed by atoms with van der Waals surface area (Å²) in [5.74, 6) is 0.475. The molecule has 0 saturated heterocycles. The Morgan fingerprint density at radius 3 is 2.20 bits per heavy atom. The Hall–Kier alpha value is -2.86. The number of esters is 1. The van der Waals surface area contributed by atoms with Gasteiger partial charge in [-0.3, -0.25) is 0 Å². The van der Waals surface area contributed by atoms with Gasteiger partial charge in [-0.1, -0.05) is 94.1 Å². The Labute approximate surface area is 212 Å². The highest BCUT2D eigenvalue weighted by molar-refractivity contribution is 5.81. The molecule has 0 aliphatic heterocycles. The zero-order valence-electron chi connectivity index (χ0n) is 21.4. The lowest BCUT2D eigenvalue weighted by Crippen LogP contribution is -2.28. The molecule has 1 aliphatic rings. The third kappa shape index (κ3) is 7.82. The smallest absolute Gasteiger partial charge is 0.330 e. The van der Waals surface area contributed by atoms with E-state index < -0.39 is 0 Å². The maximum Gasteiger partial charge on any atom is 0.330 e. The first-order valence-electron chi connectivity index (χ1n) is 13.5. The summed E-state index contributed by atoms with van der Waals surface area (Å²) in [4.78, 5) is 15.2. The number of hydrogen-bond acceptors (Lipinski definition) is 2. The summed E-state index contributed by atoms with van der Waals surface area (Å²) in [6, 6.07) is 17.7. The van der Waals surface area contributed by atoms with E-state index in [1.807, 2.05) is 0 Å². The molecule has 2 aromatic carbocycles. The number of carbonyl (C=O) groups excluding carboxylic acids is 1. The fourth-order valence-corrected chi connectivity index (χ4v) is 5.35. The molecule has 2 aromatic rings. The summed E-state index contributed by atoms with van der Waals surface area (Å²) < 4.78 is 5.00. The maximum absolute atomic E-state index is 11.0. The molecule has 1 fully saturated rings. The Kier molecular flexibility index (Phi) is 10.6. The molecule has 0 atom stereocenters. The van der Waals surface area contributed by atoms with Crippen molar-refractivity contribution >= 4 is 5.97 Å². The molecule has 0 spiro atoms. The second kappa shape index (κ2) is 13.9. The van der Waals surface area contributed by atoms with Crippen molar-refractivity contribution in [2.45, 2.75) is 89.5 Å². The zero-order valence-corrected chi connectivity index (χ0v) is 21.4. The first-order valence-corrected chi connectivity index (χ1v) is 13.5. The van der Waals surface area contributed by atoms with Crippen LogP contribution in [0.1, 0.15) is 88.7 Å². The normalized spacial score (nSPS) is 19.6. The van der Waals surface area contributed by atoms with E-state index in [2.05, 4.69) is 66.9 Å². The van der Waals surface area contributed by atoms with E-state index in [0.29, 0.717) is 6.61 Å². The van der Waals surface area contributed by atoms with Crippen LogP contribution in [0.5, 0.6) is 0 Å². The molecule has 0 amide bonds. The van der Waals surface area contributed by atoms with Gasteiger partial charge in [0, 0.05) is 24.5 Å². The minimum absolute atomic E-state index is 0.317. The molecule has 186 valence electrons. The van der Waals surface area contributed by atoms with Gasteiger partial charge in [0.15, 0.2) is 0 Å². The average Bonchev–Trinajstić information content (AvgIpc) is 2.91. The van der Waals surface area contributed by atoms with E-state index in [1.165, 1.54) is 73.3 Å². The molecule has 3 rings (SSSR count). The Bertz CT molecular complexity index is 960. The van der Waals surface area contributed by atoms with Crippen LogP contribution in [0.2, 0.25) is 0 Å². The number of ether oxygens (including phenoxy) is 1. The van der Waals surface area contributed by atoms with E-state index in [1.54, 1.807) is 0 Å². The van der Waals surface area contributed by atoms with Gasteiger partial charge in [-0.2, -0.15) is 0 Å². The predicted octanol–water partition coefficient (Wildman–Crippen LogP) is 8.68. The lowest BCUT2D eigenvalue weighted by atomic mass is 9.72. The van der Waals surface area contributed by atoms with Gasteiger partial charge in [-0.05, 0) is 54.7 Å². The van der Waals surface area contributed by atoms with Crippen LogP contribution >= 0.6 is 0 Å². The van der Waals surface area contributed by atoms with Crippen molar-refractivity contribution < 1.29 is 9.53 Å². The number of carbonyl (C=O) groups is 1. The van der Waals surface area contributed by atoms with Crippen molar-refractivity contribution in [3.63, 3.8) is 0 Å². The Morgan fingerprint density at radius 2 is 1.60 bits per heavy atom. The second-order valence-electron chi connectivity index (χ2n) is 10.0. The van der Waals surface area contributed by atoms with E-state index in [-0.39, 0.29) is 11.5 Å². The monoisotopic (exact) mass is 471 g/mol. The highest BCUT2D eigenvalue weighted by Gasteiger charge is 2.42. The molecule has 3 heteroatoms. The van der Waals surface area contributed by atoms with Gasteiger partial charge in [0.1, 0.15) is 0 Å². The van der Waals surface area contributed by atoms with Crippen LogP contribution in [-0.4, -0.2) is 12.6 Å². The second-order valence-corrected chi connectivity index (χ2v) is 10.0. The van der Waals surface area contributed by atoms with Crippen molar-refractivity contribution in [3.05, 3.63) is 83.7 Å². The van der Waals surface area contributed by atoms with Gasteiger partial charge < -0.3 is 9.58 Å². The predicted molar refractivity (Wildman–Crippen MR) is 145 cm³/mol. The summed E-state index contributed by atoms with van der Waals surface area (Å²) in [5, 5.41) is 0. The minimum Gasteiger partial charge on any atom is -0.463 e. The highest BCUT2D eigenvalue weighted by atomic mass is 16.5. The molecule has 0 aromatic heterocycles. The average molecular weight is 472 g/mol. The molecular formula is C32H41NO2. The van der Waals surface area contributed by atoms with E-state index in [0.717, 1.165) is 38.0 Å². The van der Waals surface area contributed by atoms with Crippen LogP contribution in [0.15, 0.2) is 61.2 Å². The maximum atomic E-state index is 11.0. The quantitative estimate of drug-likeness (QED) is 0.127. The number of hydrogen-bond donors (Lipinski definition) is 0. The van der Waals surface area contributed by atoms with Crippen molar-refractivity contribution in [1.82, 2.24) is 0 Å².